The van der Waals surface area contributed by atoms with Crippen LogP contribution in [-0.4, -0.2) is 180 Å². The van der Waals surface area contributed by atoms with Gasteiger partial charge in [-0.1, -0.05) is 34.6 Å². The summed E-state index contributed by atoms with van der Waals surface area (Å²) in [6, 6.07) is 0. The van der Waals surface area contributed by atoms with E-state index >= 15 is 0 Å². The number of hydrogen-bond donors (Lipinski definition) is 5. The molecule has 7 saturated heterocycles. The van der Waals surface area contributed by atoms with Gasteiger partial charge in [0.15, 0.2) is 24.2 Å². The van der Waals surface area contributed by atoms with Gasteiger partial charge in [0.2, 0.25) is 0 Å². The summed E-state index contributed by atoms with van der Waals surface area (Å²) in [7, 11) is 4.88. The van der Waals surface area contributed by atoms with Crippen LogP contribution in [0.5, 0.6) is 0 Å². The first kappa shape index (κ1) is 56.6. The second-order valence-electron chi connectivity index (χ2n) is 23.1. The van der Waals surface area contributed by atoms with Crippen molar-refractivity contribution in [2.45, 2.75) is 273 Å². The zero-order valence-electron chi connectivity index (χ0n) is 44.2. The minimum Gasteiger partial charge on any atom is -0.481 e. The zero-order chi connectivity index (χ0) is 51.2. The second-order valence-corrected chi connectivity index (χ2v) is 23.1. The second kappa shape index (κ2) is 22.6. The standard InChI is InChI=1S/C52H90O18/c1-26(31(6)53)22-27(2)43(57)37-23-38(64-41-16-14-35(59-11)32(7)62-41)48(65-37)50(10)19-18-39(67-50)49(9)20-21-51(70-49)24-34(54)28(3)44(68-51)29(4)45-47(61-13)46(30(5)52(58,69-45)25-40(55)56)66-42-17-15-36(60-12)33(8)63-42/h26-39,41-48,53-54,57-58H,14-25H2,1-13H3,(H,55,56)/t26-,27+,28-,29-,30+,31-,32-,33-,34+,35+,36+,37-,38+,39-,41+,42+,43+,44+,45+,46+,47+,48-,49+,50+,51-,52-/m1/s1. The van der Waals surface area contributed by atoms with E-state index in [4.69, 9.17) is 56.8 Å². The van der Waals surface area contributed by atoms with Gasteiger partial charge in [0.25, 0.3) is 0 Å². The lowest BCUT2D eigenvalue weighted by molar-refractivity contribution is -0.377. The molecule has 0 aromatic carbocycles. The molecule has 0 saturated carbocycles. The van der Waals surface area contributed by atoms with Crippen molar-refractivity contribution in [3.8, 4) is 0 Å². The summed E-state index contributed by atoms with van der Waals surface area (Å²) >= 11 is 0. The predicted molar refractivity (Wildman–Crippen MR) is 252 cm³/mol. The minimum atomic E-state index is -2.13. The van der Waals surface area contributed by atoms with Crippen molar-refractivity contribution in [3.63, 3.8) is 0 Å². The van der Waals surface area contributed by atoms with Crippen LogP contribution >= 0.6 is 0 Å². The van der Waals surface area contributed by atoms with Gasteiger partial charge in [-0.2, -0.15) is 0 Å². The molecule has 0 amide bonds. The molecule has 0 bridgehead atoms. The van der Waals surface area contributed by atoms with Crippen molar-refractivity contribution < 1.29 is 87.2 Å². The molecule has 7 rings (SSSR count). The van der Waals surface area contributed by atoms with E-state index in [1.165, 1.54) is 0 Å². The lowest BCUT2D eigenvalue weighted by atomic mass is 9.75. The third-order valence-electron chi connectivity index (χ3n) is 18.0. The largest absolute Gasteiger partial charge is 0.481 e. The normalized spacial score (nSPS) is 49.1. The van der Waals surface area contributed by atoms with Gasteiger partial charge in [-0.05, 0) is 85.0 Å². The molecule has 70 heavy (non-hydrogen) atoms. The van der Waals surface area contributed by atoms with Crippen LogP contribution in [0.1, 0.15) is 146 Å². The first-order chi connectivity index (χ1) is 32.9. The van der Waals surface area contributed by atoms with E-state index in [1.54, 1.807) is 35.2 Å². The smallest absolute Gasteiger partial charge is 0.308 e. The highest BCUT2D eigenvalue weighted by Crippen LogP contribution is 2.54. The Morgan fingerprint density at radius 1 is 0.714 bits per heavy atom. The summed E-state index contributed by atoms with van der Waals surface area (Å²) in [6.45, 7) is 19.3. The Morgan fingerprint density at radius 2 is 1.34 bits per heavy atom. The molecule has 0 aromatic heterocycles. The van der Waals surface area contributed by atoms with Gasteiger partial charge in [-0.15, -0.1) is 0 Å². The van der Waals surface area contributed by atoms with Gasteiger partial charge in [0, 0.05) is 71.2 Å². The summed E-state index contributed by atoms with van der Waals surface area (Å²) in [4.78, 5) is 12.3. The number of methoxy groups -OCH3 is 3. The number of aliphatic carboxylic acids is 1. The van der Waals surface area contributed by atoms with Crippen LogP contribution < -0.4 is 0 Å². The zero-order valence-corrected chi connectivity index (χ0v) is 44.2. The average molecular weight is 1000 g/mol. The molecule has 0 aliphatic carbocycles. The third-order valence-corrected chi connectivity index (χ3v) is 18.0. The molecule has 18 nitrogen and oxygen atoms in total. The van der Waals surface area contributed by atoms with Crippen molar-refractivity contribution >= 4 is 5.97 Å². The lowest BCUT2D eigenvalue weighted by Crippen LogP contribution is -2.66. The van der Waals surface area contributed by atoms with Crippen LogP contribution in [0.2, 0.25) is 0 Å². The molecule has 26 atom stereocenters. The lowest BCUT2D eigenvalue weighted by Gasteiger charge is -2.54. The molecule has 18 heteroatoms. The first-order valence-electron chi connectivity index (χ1n) is 26.5. The molecule has 0 aromatic rings. The highest BCUT2D eigenvalue weighted by Gasteiger charge is 2.63. The minimum absolute atomic E-state index is 0.00107. The number of aliphatic hydroxyl groups is 4. The summed E-state index contributed by atoms with van der Waals surface area (Å²) in [5.41, 5.74) is -1.65. The molecule has 7 aliphatic rings. The molecule has 1 spiro atoms. The Morgan fingerprint density at radius 3 is 1.91 bits per heavy atom. The number of carbonyl (C=O) groups is 1. The van der Waals surface area contributed by atoms with Crippen molar-refractivity contribution in [2.75, 3.05) is 21.3 Å². The Kier molecular flexibility index (Phi) is 18.2. The molecule has 5 N–H and O–H groups in total. The first-order valence-corrected chi connectivity index (χ1v) is 26.5. The molecule has 7 heterocycles. The van der Waals surface area contributed by atoms with Crippen molar-refractivity contribution in [3.05, 3.63) is 0 Å². The van der Waals surface area contributed by atoms with E-state index in [-0.39, 0.29) is 48.8 Å². The highest BCUT2D eigenvalue weighted by molar-refractivity contribution is 5.68. The van der Waals surface area contributed by atoms with E-state index in [0.29, 0.717) is 57.8 Å². The Bertz CT molecular complexity index is 1710. The maximum absolute atomic E-state index is 12.3. The summed E-state index contributed by atoms with van der Waals surface area (Å²) in [5, 5.41) is 56.0. The summed E-state index contributed by atoms with van der Waals surface area (Å²) in [6.07, 6.45) is -3.29. The predicted octanol–water partition coefficient (Wildman–Crippen LogP) is 5.24. The monoisotopic (exact) mass is 1000 g/mol. The molecule has 7 aliphatic heterocycles. The molecule has 0 radical (unpaired) electrons. The topological polar surface area (TPSA) is 229 Å². The number of aliphatic hydroxyl groups excluding tert-OH is 3. The molecule has 406 valence electrons. The van der Waals surface area contributed by atoms with E-state index in [9.17, 15) is 30.3 Å². The SMILES string of the molecule is CO[C@@H]1[C@@H](O[C@H]2CC[C@H](OC)[C@@H](C)O2)[C@H](C)[C@@](O)(CC(=O)O)O[C@H]1[C@H](C)[C@H]1O[C@@]2(CC[C@@](C)([C@H]3CC[C@@](C)([C@@H]4O[C@@H]([C@@H](O)[C@@H](C)C[C@@H](C)[C@@H](C)O)C[C@@H]4O[C@H]4CC[C@H](OC)[C@@H](C)O4)O3)O2)C[C@H](O)[C@H]1C. The fourth-order valence-electron chi connectivity index (χ4n) is 13.2. The van der Waals surface area contributed by atoms with E-state index < -0.39 is 127 Å². The number of carboxylic acids is 1. The van der Waals surface area contributed by atoms with Crippen LogP contribution in [0.25, 0.3) is 0 Å². The van der Waals surface area contributed by atoms with E-state index in [2.05, 4.69) is 6.92 Å². The van der Waals surface area contributed by atoms with Gasteiger partial charge in [-0.25, -0.2) is 0 Å². The Balaban J connectivity index is 1.07. The van der Waals surface area contributed by atoms with Crippen molar-refractivity contribution in [2.24, 2.45) is 29.6 Å². The van der Waals surface area contributed by atoms with Gasteiger partial charge in [0.1, 0.15) is 12.2 Å². The van der Waals surface area contributed by atoms with Gasteiger partial charge in [-0.3, -0.25) is 4.79 Å². The summed E-state index contributed by atoms with van der Waals surface area (Å²) < 4.78 is 78.0. The number of carboxylic acid groups (broad SMARTS) is 1. The quantitative estimate of drug-likeness (QED) is 0.118. The molecule has 0 unspecified atom stereocenters. The maximum Gasteiger partial charge on any atom is 0.308 e. The third kappa shape index (κ3) is 11.8. The fraction of sp³-hybridized carbons (Fsp3) is 0.981. The fourth-order valence-corrected chi connectivity index (χ4v) is 13.2. The van der Waals surface area contributed by atoms with E-state index in [1.807, 2.05) is 48.5 Å². The number of rotatable bonds is 18. The summed E-state index contributed by atoms with van der Waals surface area (Å²) in [5.74, 6) is -6.49. The van der Waals surface area contributed by atoms with Crippen LogP contribution in [0.3, 0.4) is 0 Å². The molecule has 7 fully saturated rings. The highest BCUT2D eigenvalue weighted by atomic mass is 16.7. The van der Waals surface area contributed by atoms with Crippen LogP contribution in [-0.2, 0) is 61.6 Å². The maximum atomic E-state index is 12.3. The average Bonchev–Trinajstić information content (AvgIpc) is 4.02. The van der Waals surface area contributed by atoms with Crippen LogP contribution in [0, 0.1) is 29.6 Å². The van der Waals surface area contributed by atoms with Gasteiger partial charge < -0.3 is 82.4 Å². The van der Waals surface area contributed by atoms with Crippen molar-refractivity contribution in [1.82, 2.24) is 0 Å². The number of hydrogen-bond acceptors (Lipinski definition) is 17. The van der Waals surface area contributed by atoms with Gasteiger partial charge in [0.05, 0.1) is 97.0 Å². The molecular weight excluding hydrogens is 913 g/mol. The van der Waals surface area contributed by atoms with Crippen LogP contribution in [0.15, 0.2) is 0 Å². The van der Waals surface area contributed by atoms with Gasteiger partial charge >= 0.3 is 5.97 Å². The van der Waals surface area contributed by atoms with Crippen LogP contribution in [0.4, 0.5) is 0 Å². The molecular formula is C52H90O18. The Hall–Kier alpha value is -1.17. The van der Waals surface area contributed by atoms with Crippen molar-refractivity contribution in [1.29, 1.82) is 0 Å². The van der Waals surface area contributed by atoms with E-state index in [0.717, 1.165) is 6.42 Å². The number of ether oxygens (including phenoxy) is 12. The Labute approximate surface area is 416 Å².